The third-order valence-corrected chi connectivity index (χ3v) is 2.86. The van der Waals surface area contributed by atoms with Gasteiger partial charge in [0.25, 0.3) is 5.91 Å². The molecule has 5 heteroatoms. The van der Waals surface area contributed by atoms with Gasteiger partial charge in [-0.15, -0.1) is 0 Å². The highest BCUT2D eigenvalue weighted by Gasteiger charge is 2.08. The molecule has 0 unspecified atom stereocenters. The van der Waals surface area contributed by atoms with Crippen molar-refractivity contribution in [1.82, 2.24) is 10.3 Å². The number of carbonyl (C=O) groups excluding carboxylic acids is 1. The van der Waals surface area contributed by atoms with Gasteiger partial charge in [0.2, 0.25) is 0 Å². The molecule has 0 fully saturated rings. The summed E-state index contributed by atoms with van der Waals surface area (Å²) in [5, 5.41) is 3.27. The second kappa shape index (κ2) is 6.85. The third kappa shape index (κ3) is 4.03. The Balaban J connectivity index is 2.00. The predicted molar refractivity (Wildman–Crippen MR) is 82.5 cm³/mol. The van der Waals surface area contributed by atoms with E-state index in [0.717, 1.165) is 5.57 Å². The molecule has 5 nitrogen and oxygen atoms in total. The fraction of sp³-hybridized carbons (Fsp3) is 0.250. The SMILES string of the molecule is C=C(C)COCCNC(=O)c1cc(=O)c2ccccc2[nH]1. The van der Waals surface area contributed by atoms with Crippen LogP contribution in [0.5, 0.6) is 0 Å². The van der Waals surface area contributed by atoms with Crippen molar-refractivity contribution >= 4 is 16.8 Å². The van der Waals surface area contributed by atoms with Gasteiger partial charge in [0.15, 0.2) is 5.43 Å². The molecule has 0 aliphatic heterocycles. The van der Waals surface area contributed by atoms with Crippen molar-refractivity contribution in [2.24, 2.45) is 0 Å². The van der Waals surface area contributed by atoms with Crippen LogP contribution in [0.15, 0.2) is 47.3 Å². The Morgan fingerprint density at radius 3 is 2.90 bits per heavy atom. The summed E-state index contributed by atoms with van der Waals surface area (Å²) in [6.45, 7) is 6.85. The minimum atomic E-state index is -0.322. The van der Waals surface area contributed by atoms with Crippen LogP contribution in [0.1, 0.15) is 17.4 Å². The Morgan fingerprint density at radius 2 is 2.14 bits per heavy atom. The van der Waals surface area contributed by atoms with Crippen LogP contribution < -0.4 is 10.7 Å². The smallest absolute Gasteiger partial charge is 0.267 e. The summed E-state index contributed by atoms with van der Waals surface area (Å²) in [6, 6.07) is 8.40. The second-order valence-electron chi connectivity index (χ2n) is 4.86. The van der Waals surface area contributed by atoms with E-state index in [4.69, 9.17) is 4.74 Å². The molecule has 110 valence electrons. The highest BCUT2D eigenvalue weighted by atomic mass is 16.5. The first-order valence-electron chi connectivity index (χ1n) is 6.70. The molecule has 1 aromatic heterocycles. The molecule has 0 aliphatic rings. The summed E-state index contributed by atoms with van der Waals surface area (Å²) in [5.74, 6) is -0.322. The molecule has 0 saturated heterocycles. The van der Waals surface area contributed by atoms with Crippen LogP contribution in [-0.4, -0.2) is 30.6 Å². The van der Waals surface area contributed by atoms with Crippen molar-refractivity contribution in [3.63, 3.8) is 0 Å². The Kier molecular flexibility index (Phi) is 4.90. The molecule has 0 spiro atoms. The van der Waals surface area contributed by atoms with Crippen LogP contribution in [0.25, 0.3) is 10.9 Å². The van der Waals surface area contributed by atoms with Crippen LogP contribution in [-0.2, 0) is 4.74 Å². The zero-order valence-electron chi connectivity index (χ0n) is 11.9. The van der Waals surface area contributed by atoms with E-state index in [9.17, 15) is 9.59 Å². The Morgan fingerprint density at radius 1 is 1.38 bits per heavy atom. The first kappa shape index (κ1) is 15.0. The quantitative estimate of drug-likeness (QED) is 0.629. The number of aromatic nitrogens is 1. The zero-order chi connectivity index (χ0) is 15.2. The van der Waals surface area contributed by atoms with Crippen LogP contribution in [0, 0.1) is 0 Å². The maximum absolute atomic E-state index is 12.0. The van der Waals surface area contributed by atoms with Gasteiger partial charge < -0.3 is 15.0 Å². The fourth-order valence-electron chi connectivity index (χ4n) is 1.90. The number of H-pyrrole nitrogens is 1. The Bertz CT molecular complexity index is 719. The van der Waals surface area contributed by atoms with Crippen molar-refractivity contribution in [2.75, 3.05) is 19.8 Å². The topological polar surface area (TPSA) is 71.2 Å². The van der Waals surface area contributed by atoms with E-state index in [-0.39, 0.29) is 17.0 Å². The van der Waals surface area contributed by atoms with Gasteiger partial charge in [-0.05, 0) is 19.1 Å². The lowest BCUT2D eigenvalue weighted by molar-refractivity contribution is 0.0922. The third-order valence-electron chi connectivity index (χ3n) is 2.86. The molecule has 0 aliphatic carbocycles. The lowest BCUT2D eigenvalue weighted by Gasteiger charge is -2.07. The fourth-order valence-corrected chi connectivity index (χ4v) is 1.90. The molecular weight excluding hydrogens is 268 g/mol. The summed E-state index contributed by atoms with van der Waals surface area (Å²) in [5.41, 5.74) is 1.65. The highest BCUT2D eigenvalue weighted by molar-refractivity contribution is 5.94. The van der Waals surface area contributed by atoms with Gasteiger partial charge in [-0.1, -0.05) is 24.3 Å². The molecule has 0 saturated carbocycles. The summed E-state index contributed by atoms with van der Waals surface area (Å²) in [6.07, 6.45) is 0. The number of fused-ring (bicyclic) bond motifs is 1. The Labute approximate surface area is 122 Å². The number of carbonyl (C=O) groups is 1. The number of hydrogen-bond donors (Lipinski definition) is 2. The van der Waals surface area contributed by atoms with E-state index < -0.39 is 0 Å². The van der Waals surface area contributed by atoms with Crippen LogP contribution >= 0.6 is 0 Å². The van der Waals surface area contributed by atoms with E-state index >= 15 is 0 Å². The molecular formula is C16H18N2O3. The first-order valence-corrected chi connectivity index (χ1v) is 6.70. The number of rotatable bonds is 6. The molecule has 1 heterocycles. The molecule has 2 aromatic rings. The summed E-state index contributed by atoms with van der Waals surface area (Å²) < 4.78 is 5.29. The van der Waals surface area contributed by atoms with Crippen molar-refractivity contribution in [3.8, 4) is 0 Å². The maximum atomic E-state index is 12.0. The van der Waals surface area contributed by atoms with Gasteiger partial charge in [-0.25, -0.2) is 0 Å². The zero-order valence-corrected chi connectivity index (χ0v) is 11.9. The minimum Gasteiger partial charge on any atom is -0.375 e. The van der Waals surface area contributed by atoms with E-state index in [1.807, 2.05) is 13.0 Å². The largest absolute Gasteiger partial charge is 0.375 e. The first-order chi connectivity index (χ1) is 10.1. The van der Waals surface area contributed by atoms with E-state index in [0.29, 0.717) is 30.7 Å². The van der Waals surface area contributed by atoms with E-state index in [2.05, 4.69) is 16.9 Å². The standard InChI is InChI=1S/C16H18N2O3/c1-11(2)10-21-8-7-17-16(20)14-9-15(19)12-5-3-4-6-13(12)18-14/h3-6,9H,1,7-8,10H2,2H3,(H,17,20)(H,18,19). The van der Waals surface area contributed by atoms with Crippen LogP contribution in [0.3, 0.4) is 0 Å². The average molecular weight is 286 g/mol. The predicted octanol–water partition coefficient (Wildman–Crippen LogP) is 1.85. The number of benzene rings is 1. The number of hydrogen-bond acceptors (Lipinski definition) is 3. The van der Waals surface area contributed by atoms with Gasteiger partial charge in [-0.3, -0.25) is 9.59 Å². The van der Waals surface area contributed by atoms with Gasteiger partial charge >= 0.3 is 0 Å². The molecule has 0 radical (unpaired) electrons. The van der Waals surface area contributed by atoms with Crippen molar-refractivity contribution < 1.29 is 9.53 Å². The van der Waals surface area contributed by atoms with E-state index in [1.54, 1.807) is 18.2 Å². The van der Waals surface area contributed by atoms with Crippen molar-refractivity contribution in [1.29, 1.82) is 0 Å². The summed E-state index contributed by atoms with van der Waals surface area (Å²) in [7, 11) is 0. The highest BCUT2D eigenvalue weighted by Crippen LogP contribution is 2.07. The minimum absolute atomic E-state index is 0.173. The number of ether oxygens (including phenoxy) is 1. The lowest BCUT2D eigenvalue weighted by Crippen LogP contribution is -2.29. The molecule has 2 rings (SSSR count). The average Bonchev–Trinajstić information content (AvgIpc) is 2.46. The van der Waals surface area contributed by atoms with Gasteiger partial charge in [-0.2, -0.15) is 0 Å². The summed E-state index contributed by atoms with van der Waals surface area (Å²) in [4.78, 5) is 26.9. The van der Waals surface area contributed by atoms with Gasteiger partial charge in [0, 0.05) is 23.5 Å². The Hall–Kier alpha value is -2.40. The number of para-hydroxylation sites is 1. The van der Waals surface area contributed by atoms with Crippen molar-refractivity contribution in [2.45, 2.75) is 6.92 Å². The second-order valence-corrected chi connectivity index (χ2v) is 4.86. The monoisotopic (exact) mass is 286 g/mol. The van der Waals surface area contributed by atoms with E-state index in [1.165, 1.54) is 6.07 Å². The normalized spacial score (nSPS) is 10.5. The number of pyridine rings is 1. The van der Waals surface area contributed by atoms with Crippen LogP contribution in [0.2, 0.25) is 0 Å². The molecule has 0 atom stereocenters. The number of amides is 1. The van der Waals surface area contributed by atoms with Gasteiger partial charge in [0.1, 0.15) is 5.69 Å². The maximum Gasteiger partial charge on any atom is 0.267 e. The summed E-state index contributed by atoms with van der Waals surface area (Å²) >= 11 is 0. The lowest BCUT2D eigenvalue weighted by atomic mass is 10.2. The molecule has 1 amide bonds. The molecule has 0 bridgehead atoms. The van der Waals surface area contributed by atoms with Gasteiger partial charge in [0.05, 0.1) is 13.2 Å². The molecule has 21 heavy (non-hydrogen) atoms. The number of aromatic amines is 1. The molecule has 1 aromatic carbocycles. The number of nitrogens with one attached hydrogen (secondary N) is 2. The van der Waals surface area contributed by atoms with Crippen molar-refractivity contribution in [3.05, 3.63) is 58.4 Å². The van der Waals surface area contributed by atoms with Crippen LogP contribution in [0.4, 0.5) is 0 Å². The molecule has 2 N–H and O–H groups in total.